The third-order valence-corrected chi connectivity index (χ3v) is 4.03. The first kappa shape index (κ1) is 13.2. The van der Waals surface area contributed by atoms with Crippen molar-refractivity contribution < 1.29 is 0 Å². The summed E-state index contributed by atoms with van der Waals surface area (Å²) in [6.45, 7) is 3.70. The van der Waals surface area contributed by atoms with Crippen molar-refractivity contribution in [3.05, 3.63) is 30.6 Å². The molecule has 1 N–H and O–H groups in total. The van der Waals surface area contributed by atoms with E-state index in [1.54, 1.807) is 6.20 Å². The van der Waals surface area contributed by atoms with Crippen molar-refractivity contribution in [1.82, 2.24) is 20.2 Å². The van der Waals surface area contributed by atoms with Gasteiger partial charge in [0.15, 0.2) is 5.82 Å². The number of hydrogen-bond acceptors (Lipinski definition) is 7. The number of anilines is 3. The maximum Gasteiger partial charge on any atom is 0.244 e. The van der Waals surface area contributed by atoms with Crippen molar-refractivity contribution in [2.75, 3.05) is 41.3 Å². The lowest BCUT2D eigenvalue weighted by molar-refractivity contribution is 0.639. The molecule has 2 aromatic heterocycles. The van der Waals surface area contributed by atoms with Crippen LogP contribution in [0.4, 0.5) is 17.6 Å². The maximum absolute atomic E-state index is 4.58. The molecule has 0 unspecified atom stereocenters. The summed E-state index contributed by atoms with van der Waals surface area (Å²) in [5, 5.41) is 11.4. The number of aromatic nitrogens is 4. The maximum atomic E-state index is 4.58. The Bertz CT molecular complexity index is 621. The van der Waals surface area contributed by atoms with E-state index in [1.165, 1.54) is 12.8 Å². The van der Waals surface area contributed by atoms with E-state index in [0.717, 1.165) is 37.8 Å². The van der Waals surface area contributed by atoms with Crippen molar-refractivity contribution >= 4 is 17.6 Å². The van der Waals surface area contributed by atoms with Gasteiger partial charge in [-0.15, -0.1) is 5.10 Å². The van der Waals surface area contributed by atoms with Crippen LogP contribution in [-0.4, -0.2) is 52.4 Å². The average Bonchev–Trinajstić information content (AvgIpc) is 3.40. The van der Waals surface area contributed by atoms with Gasteiger partial charge in [0.1, 0.15) is 5.82 Å². The van der Waals surface area contributed by atoms with Crippen molar-refractivity contribution in [1.29, 1.82) is 0 Å². The molecule has 0 atom stereocenters. The first-order valence-electron chi connectivity index (χ1n) is 7.76. The van der Waals surface area contributed by atoms with Gasteiger partial charge in [-0.05, 0) is 25.0 Å². The Morgan fingerprint density at radius 2 is 1.77 bits per heavy atom. The molecule has 0 bridgehead atoms. The van der Waals surface area contributed by atoms with Gasteiger partial charge in [-0.25, -0.2) is 4.98 Å². The van der Waals surface area contributed by atoms with Crippen LogP contribution in [0.2, 0.25) is 0 Å². The molecule has 1 saturated carbocycles. The number of pyridine rings is 1. The summed E-state index contributed by atoms with van der Waals surface area (Å²) in [7, 11) is 0. The zero-order chi connectivity index (χ0) is 14.8. The Morgan fingerprint density at radius 1 is 1.00 bits per heavy atom. The Labute approximate surface area is 129 Å². The van der Waals surface area contributed by atoms with Crippen LogP contribution in [0.1, 0.15) is 12.8 Å². The molecule has 2 aliphatic rings. The van der Waals surface area contributed by atoms with Gasteiger partial charge >= 0.3 is 0 Å². The molecule has 1 aliphatic heterocycles. The molecule has 7 nitrogen and oxygen atoms in total. The zero-order valence-electron chi connectivity index (χ0n) is 12.4. The highest BCUT2D eigenvalue weighted by Gasteiger charge is 2.23. The molecule has 0 amide bonds. The molecule has 4 rings (SSSR count). The molecule has 0 aromatic carbocycles. The minimum atomic E-state index is 0.540. The number of piperazine rings is 1. The normalized spacial score (nSPS) is 18.4. The molecule has 1 aliphatic carbocycles. The lowest BCUT2D eigenvalue weighted by Crippen LogP contribution is -2.47. The fourth-order valence-corrected chi connectivity index (χ4v) is 2.62. The molecule has 2 aromatic rings. The van der Waals surface area contributed by atoms with Crippen LogP contribution in [0.25, 0.3) is 0 Å². The minimum absolute atomic E-state index is 0.540. The van der Waals surface area contributed by atoms with Crippen molar-refractivity contribution in [2.45, 2.75) is 18.9 Å². The summed E-state index contributed by atoms with van der Waals surface area (Å²) in [6, 6.07) is 6.57. The average molecular weight is 297 g/mol. The Morgan fingerprint density at radius 3 is 2.45 bits per heavy atom. The highest BCUT2D eigenvalue weighted by Crippen LogP contribution is 2.23. The van der Waals surface area contributed by atoms with Gasteiger partial charge in [-0.2, -0.15) is 10.1 Å². The van der Waals surface area contributed by atoms with Gasteiger partial charge in [0.2, 0.25) is 5.95 Å². The molecular weight excluding hydrogens is 278 g/mol. The summed E-state index contributed by atoms with van der Waals surface area (Å²) >= 11 is 0. The summed E-state index contributed by atoms with van der Waals surface area (Å²) in [6.07, 6.45) is 5.99. The van der Waals surface area contributed by atoms with Gasteiger partial charge in [0, 0.05) is 38.4 Å². The number of rotatable bonds is 4. The third-order valence-electron chi connectivity index (χ3n) is 4.03. The van der Waals surface area contributed by atoms with Crippen LogP contribution >= 0.6 is 0 Å². The van der Waals surface area contributed by atoms with E-state index in [2.05, 4.69) is 41.3 Å². The minimum Gasteiger partial charge on any atom is -0.353 e. The largest absolute Gasteiger partial charge is 0.353 e. The molecule has 0 spiro atoms. The Hall–Kier alpha value is -2.44. The van der Waals surface area contributed by atoms with E-state index >= 15 is 0 Å². The van der Waals surface area contributed by atoms with Crippen LogP contribution in [0.3, 0.4) is 0 Å². The number of hydrogen-bond donors (Lipinski definition) is 1. The smallest absolute Gasteiger partial charge is 0.244 e. The van der Waals surface area contributed by atoms with E-state index in [0.29, 0.717) is 12.0 Å². The van der Waals surface area contributed by atoms with Gasteiger partial charge in [0.05, 0.1) is 6.20 Å². The van der Waals surface area contributed by atoms with E-state index in [4.69, 9.17) is 0 Å². The molecule has 1 saturated heterocycles. The van der Waals surface area contributed by atoms with Gasteiger partial charge in [0.25, 0.3) is 0 Å². The van der Waals surface area contributed by atoms with Crippen LogP contribution in [-0.2, 0) is 0 Å². The van der Waals surface area contributed by atoms with E-state index in [9.17, 15) is 0 Å². The monoisotopic (exact) mass is 297 g/mol. The zero-order valence-corrected chi connectivity index (χ0v) is 12.4. The first-order valence-corrected chi connectivity index (χ1v) is 7.76. The highest BCUT2D eigenvalue weighted by molar-refractivity contribution is 5.45. The molecule has 0 radical (unpaired) electrons. The summed E-state index contributed by atoms with van der Waals surface area (Å²) in [5.41, 5.74) is 0. The summed E-state index contributed by atoms with van der Waals surface area (Å²) in [4.78, 5) is 13.6. The molecule has 2 fully saturated rings. The topological polar surface area (TPSA) is 70.1 Å². The SMILES string of the molecule is c1ccc(N2CCN(c3cnnc(NC4CC4)n3)CC2)nc1. The molecule has 114 valence electrons. The van der Waals surface area contributed by atoms with E-state index < -0.39 is 0 Å². The van der Waals surface area contributed by atoms with Crippen LogP contribution in [0.15, 0.2) is 30.6 Å². The van der Waals surface area contributed by atoms with Gasteiger partial charge in [-0.1, -0.05) is 6.07 Å². The molecular formula is C15H19N7. The summed E-state index contributed by atoms with van der Waals surface area (Å²) < 4.78 is 0. The van der Waals surface area contributed by atoms with E-state index in [1.807, 2.05) is 18.3 Å². The van der Waals surface area contributed by atoms with Crippen LogP contribution in [0, 0.1) is 0 Å². The standard InChI is InChI=1S/C15H19N7/c1-2-6-16-13(3-1)21-7-9-22(10-8-21)14-11-17-20-15(19-14)18-12-4-5-12/h1-3,6,11-12H,4-5,7-10H2,(H,18,19,20). The molecule has 3 heterocycles. The fourth-order valence-electron chi connectivity index (χ4n) is 2.62. The Balaban J connectivity index is 1.40. The van der Waals surface area contributed by atoms with Crippen molar-refractivity contribution in [3.8, 4) is 0 Å². The molecule has 22 heavy (non-hydrogen) atoms. The predicted molar refractivity (Wildman–Crippen MR) is 85.1 cm³/mol. The van der Waals surface area contributed by atoms with Crippen LogP contribution < -0.4 is 15.1 Å². The fraction of sp³-hybridized carbons (Fsp3) is 0.467. The quantitative estimate of drug-likeness (QED) is 0.908. The second-order valence-electron chi connectivity index (χ2n) is 5.72. The number of nitrogens with zero attached hydrogens (tertiary/aromatic N) is 6. The third kappa shape index (κ3) is 2.93. The second kappa shape index (κ2) is 5.75. The lowest BCUT2D eigenvalue weighted by Gasteiger charge is -2.35. The van der Waals surface area contributed by atoms with Crippen LogP contribution in [0.5, 0.6) is 0 Å². The van der Waals surface area contributed by atoms with E-state index in [-0.39, 0.29) is 0 Å². The highest BCUT2D eigenvalue weighted by atomic mass is 15.3. The lowest BCUT2D eigenvalue weighted by atomic mass is 10.3. The molecule has 7 heteroatoms. The van der Waals surface area contributed by atoms with Gasteiger partial charge in [-0.3, -0.25) is 0 Å². The number of nitrogens with one attached hydrogen (secondary N) is 1. The second-order valence-corrected chi connectivity index (χ2v) is 5.72. The van der Waals surface area contributed by atoms with Crippen molar-refractivity contribution in [3.63, 3.8) is 0 Å². The summed E-state index contributed by atoms with van der Waals surface area (Å²) in [5.74, 6) is 2.59. The Kier molecular flexibility index (Phi) is 3.46. The predicted octanol–water partition coefficient (Wildman–Crippen LogP) is 1.17. The van der Waals surface area contributed by atoms with Gasteiger partial charge < -0.3 is 15.1 Å². The van der Waals surface area contributed by atoms with Crippen molar-refractivity contribution in [2.24, 2.45) is 0 Å². The first-order chi connectivity index (χ1) is 10.9.